The number of rotatable bonds is 2. The third kappa shape index (κ3) is 2.58. The summed E-state index contributed by atoms with van der Waals surface area (Å²) >= 11 is 5.84. The van der Waals surface area contributed by atoms with E-state index in [1.165, 1.54) is 26.2 Å². The van der Waals surface area contributed by atoms with Crippen LogP contribution in [0.1, 0.15) is 19.8 Å². The van der Waals surface area contributed by atoms with Crippen LogP contribution in [0.15, 0.2) is 29.4 Å². The van der Waals surface area contributed by atoms with Crippen molar-refractivity contribution in [2.24, 2.45) is 5.10 Å². The minimum atomic E-state index is -1.54. The van der Waals surface area contributed by atoms with Gasteiger partial charge in [-0.05, 0) is 24.3 Å². The minimum absolute atomic E-state index is 0.0724. The second-order valence-electron chi connectivity index (χ2n) is 5.76. The molecule has 0 saturated carbocycles. The lowest BCUT2D eigenvalue weighted by molar-refractivity contribution is -0.141. The van der Waals surface area contributed by atoms with Gasteiger partial charge in [0.15, 0.2) is 5.54 Å². The molecule has 0 unspecified atom stereocenters. The first kappa shape index (κ1) is 17.1. The molecule has 2 aliphatic rings. The first-order valence-corrected chi connectivity index (χ1v) is 7.77. The molecule has 1 spiro atoms. The number of hydrogen-bond acceptors (Lipinski definition) is 6. The van der Waals surface area contributed by atoms with Gasteiger partial charge in [0, 0.05) is 18.4 Å². The summed E-state index contributed by atoms with van der Waals surface area (Å²) < 4.78 is 4.62. The Morgan fingerprint density at radius 1 is 1.20 bits per heavy atom. The van der Waals surface area contributed by atoms with Gasteiger partial charge < -0.3 is 4.74 Å². The molecule has 1 saturated heterocycles. The molecule has 1 aromatic carbocycles. The average Bonchev–Trinajstić information content (AvgIpc) is 3.07. The molecule has 1 atom stereocenters. The maximum Gasteiger partial charge on any atom is 0.354 e. The first-order valence-electron chi connectivity index (χ1n) is 7.40. The van der Waals surface area contributed by atoms with Gasteiger partial charge in [-0.15, -0.1) is 0 Å². The molecule has 0 radical (unpaired) electrons. The van der Waals surface area contributed by atoms with Crippen LogP contribution < -0.4 is 4.90 Å². The molecule has 9 heteroatoms. The number of esters is 1. The van der Waals surface area contributed by atoms with Crippen LogP contribution in [-0.2, 0) is 23.9 Å². The predicted molar refractivity (Wildman–Crippen MR) is 87.9 cm³/mol. The summed E-state index contributed by atoms with van der Waals surface area (Å²) in [6.45, 7) is 1.22. The summed E-state index contributed by atoms with van der Waals surface area (Å²) in [4.78, 5) is 50.3. The number of hydrogen-bond donors (Lipinski definition) is 0. The third-order valence-electron chi connectivity index (χ3n) is 4.18. The van der Waals surface area contributed by atoms with Crippen molar-refractivity contribution in [3.63, 3.8) is 0 Å². The maximum absolute atomic E-state index is 13.0. The van der Waals surface area contributed by atoms with Crippen molar-refractivity contribution >= 4 is 46.7 Å². The molecule has 130 valence electrons. The van der Waals surface area contributed by atoms with Crippen molar-refractivity contribution in [1.82, 2.24) is 5.01 Å². The summed E-state index contributed by atoms with van der Waals surface area (Å²) in [7, 11) is 1.18. The monoisotopic (exact) mass is 363 g/mol. The SMILES string of the molecule is COC(=O)C1=NN(C(C)=O)[C@@]2(CC(=O)N(c3ccc(Cl)cc3)C2=O)C1. The van der Waals surface area contributed by atoms with E-state index in [0.29, 0.717) is 10.7 Å². The topological polar surface area (TPSA) is 96.3 Å². The highest BCUT2D eigenvalue weighted by Gasteiger charge is 2.61. The molecule has 0 N–H and O–H groups in total. The molecule has 1 fully saturated rings. The number of imide groups is 1. The Balaban J connectivity index is 2.01. The van der Waals surface area contributed by atoms with Crippen LogP contribution in [0.4, 0.5) is 5.69 Å². The van der Waals surface area contributed by atoms with Gasteiger partial charge in [0.05, 0.1) is 19.2 Å². The molecule has 0 aliphatic carbocycles. The number of benzene rings is 1. The summed E-state index contributed by atoms with van der Waals surface area (Å²) in [5.74, 6) is -2.39. The normalized spacial score (nSPS) is 22.6. The first-order chi connectivity index (χ1) is 11.8. The number of carbonyl (C=O) groups excluding carboxylic acids is 4. The van der Waals surface area contributed by atoms with Crippen molar-refractivity contribution < 1.29 is 23.9 Å². The summed E-state index contributed by atoms with van der Waals surface area (Å²) in [5, 5.41) is 5.30. The van der Waals surface area contributed by atoms with Crippen LogP contribution >= 0.6 is 11.6 Å². The van der Waals surface area contributed by atoms with Crippen molar-refractivity contribution in [1.29, 1.82) is 0 Å². The Labute approximate surface area is 148 Å². The van der Waals surface area contributed by atoms with Gasteiger partial charge in [-0.3, -0.25) is 14.4 Å². The summed E-state index contributed by atoms with van der Waals surface area (Å²) in [5.41, 5.74) is -1.27. The number of hydrazone groups is 1. The summed E-state index contributed by atoms with van der Waals surface area (Å²) in [6, 6.07) is 6.17. The second-order valence-corrected chi connectivity index (χ2v) is 6.20. The number of anilines is 1. The Kier molecular flexibility index (Phi) is 4.08. The van der Waals surface area contributed by atoms with E-state index >= 15 is 0 Å². The van der Waals surface area contributed by atoms with E-state index in [1.807, 2.05) is 0 Å². The molecule has 0 bridgehead atoms. The average molecular weight is 364 g/mol. The Bertz CT molecular complexity index is 820. The highest BCUT2D eigenvalue weighted by molar-refractivity contribution is 6.39. The van der Waals surface area contributed by atoms with Gasteiger partial charge in [0.2, 0.25) is 11.8 Å². The number of ether oxygens (including phenoxy) is 1. The van der Waals surface area contributed by atoms with Gasteiger partial charge in [-0.2, -0.15) is 5.10 Å². The highest BCUT2D eigenvalue weighted by atomic mass is 35.5. The second kappa shape index (κ2) is 5.96. The van der Waals surface area contributed by atoms with Gasteiger partial charge in [0.25, 0.3) is 5.91 Å². The molecule has 0 aromatic heterocycles. The van der Waals surface area contributed by atoms with Crippen molar-refractivity contribution in [2.75, 3.05) is 12.0 Å². The predicted octanol–water partition coefficient (Wildman–Crippen LogP) is 1.12. The minimum Gasteiger partial charge on any atom is -0.464 e. The van der Waals surface area contributed by atoms with Gasteiger partial charge in [-0.25, -0.2) is 14.7 Å². The van der Waals surface area contributed by atoms with Crippen LogP contribution in [-0.4, -0.2) is 47.1 Å². The van der Waals surface area contributed by atoms with Gasteiger partial charge in [-0.1, -0.05) is 11.6 Å². The Morgan fingerprint density at radius 3 is 2.40 bits per heavy atom. The zero-order chi connectivity index (χ0) is 18.4. The molecule has 8 nitrogen and oxygen atoms in total. The third-order valence-corrected chi connectivity index (χ3v) is 4.44. The van der Waals surface area contributed by atoms with E-state index in [2.05, 4.69) is 9.84 Å². The molecular formula is C16H14ClN3O5. The van der Waals surface area contributed by atoms with E-state index in [-0.39, 0.29) is 18.6 Å². The van der Waals surface area contributed by atoms with E-state index in [0.717, 1.165) is 9.91 Å². The van der Waals surface area contributed by atoms with Gasteiger partial charge in [0.1, 0.15) is 5.71 Å². The Hall–Kier alpha value is -2.74. The number of carbonyl (C=O) groups is 4. The van der Waals surface area contributed by atoms with Crippen molar-refractivity contribution in [3.8, 4) is 0 Å². The van der Waals surface area contributed by atoms with E-state index < -0.39 is 29.2 Å². The number of nitrogens with zero attached hydrogens (tertiary/aromatic N) is 3. The quantitative estimate of drug-likeness (QED) is 0.579. The van der Waals surface area contributed by atoms with Crippen LogP contribution in [0.25, 0.3) is 0 Å². The fraction of sp³-hybridized carbons (Fsp3) is 0.312. The molecule has 3 amide bonds. The zero-order valence-electron chi connectivity index (χ0n) is 13.5. The molecule has 3 rings (SSSR count). The fourth-order valence-electron chi connectivity index (χ4n) is 3.09. The van der Waals surface area contributed by atoms with Crippen LogP contribution in [0.2, 0.25) is 5.02 Å². The largest absolute Gasteiger partial charge is 0.464 e. The molecule has 2 heterocycles. The maximum atomic E-state index is 13.0. The lowest BCUT2D eigenvalue weighted by atomic mass is 9.91. The van der Waals surface area contributed by atoms with Crippen LogP contribution in [0.5, 0.6) is 0 Å². The lowest BCUT2D eigenvalue weighted by Gasteiger charge is -2.28. The standard InChI is InChI=1S/C16H14ClN3O5/c1-9(21)20-16(7-12(18-20)14(23)25-2)8-13(22)19(15(16)24)11-5-3-10(17)4-6-11/h3-6H,7-8H2,1-2H3/t16-/m1/s1. The molecule has 1 aromatic rings. The van der Waals surface area contributed by atoms with Crippen LogP contribution in [0, 0.1) is 0 Å². The number of methoxy groups -OCH3 is 1. The van der Waals surface area contributed by atoms with E-state index in [1.54, 1.807) is 12.1 Å². The number of halogens is 1. The molecule has 25 heavy (non-hydrogen) atoms. The van der Waals surface area contributed by atoms with E-state index in [9.17, 15) is 19.2 Å². The summed E-state index contributed by atoms with van der Waals surface area (Å²) in [6.07, 6.45) is -0.439. The van der Waals surface area contributed by atoms with Gasteiger partial charge >= 0.3 is 5.97 Å². The number of amides is 3. The lowest BCUT2D eigenvalue weighted by Crippen LogP contribution is -2.51. The van der Waals surface area contributed by atoms with Crippen LogP contribution in [0.3, 0.4) is 0 Å². The van der Waals surface area contributed by atoms with E-state index in [4.69, 9.17) is 11.6 Å². The molecule has 2 aliphatic heterocycles. The Morgan fingerprint density at radius 2 is 1.84 bits per heavy atom. The fourth-order valence-corrected chi connectivity index (χ4v) is 3.21. The molecular weight excluding hydrogens is 350 g/mol. The highest BCUT2D eigenvalue weighted by Crippen LogP contribution is 2.40. The van der Waals surface area contributed by atoms with Crippen molar-refractivity contribution in [3.05, 3.63) is 29.3 Å². The zero-order valence-corrected chi connectivity index (χ0v) is 14.2. The smallest absolute Gasteiger partial charge is 0.354 e. The van der Waals surface area contributed by atoms with Crippen molar-refractivity contribution in [2.45, 2.75) is 25.3 Å².